The molecule has 1 saturated carbocycles. The van der Waals surface area contributed by atoms with Crippen molar-refractivity contribution in [1.29, 1.82) is 0 Å². The van der Waals surface area contributed by atoms with Gasteiger partial charge in [0.25, 0.3) is 0 Å². The first kappa shape index (κ1) is 11.7. The van der Waals surface area contributed by atoms with E-state index in [1.54, 1.807) is 6.07 Å². The number of hydrogen-bond acceptors (Lipinski definition) is 1. The van der Waals surface area contributed by atoms with Crippen molar-refractivity contribution in [2.24, 2.45) is 5.92 Å². The van der Waals surface area contributed by atoms with Crippen LogP contribution in [0.5, 0.6) is 0 Å². The van der Waals surface area contributed by atoms with Crippen LogP contribution < -0.4 is 0 Å². The highest BCUT2D eigenvalue weighted by molar-refractivity contribution is 6.33. The summed E-state index contributed by atoms with van der Waals surface area (Å²) in [7, 11) is 0. The Labute approximate surface area is 102 Å². The van der Waals surface area contributed by atoms with E-state index in [4.69, 9.17) is 11.6 Å². The first-order chi connectivity index (χ1) is 7.77. The number of hydrogen-bond donors (Lipinski definition) is 0. The van der Waals surface area contributed by atoms with Crippen LogP contribution in [0.25, 0.3) is 0 Å². The Morgan fingerprint density at radius 1 is 1.19 bits per heavy atom. The maximum Gasteiger partial charge on any atom is 0.164 e. The van der Waals surface area contributed by atoms with Crippen molar-refractivity contribution in [3.8, 4) is 0 Å². The van der Waals surface area contributed by atoms with Gasteiger partial charge in [0.1, 0.15) is 0 Å². The van der Waals surface area contributed by atoms with Crippen LogP contribution >= 0.6 is 11.6 Å². The Hall–Kier alpha value is -0.820. The Morgan fingerprint density at radius 3 is 2.56 bits per heavy atom. The summed E-state index contributed by atoms with van der Waals surface area (Å²) in [6.07, 6.45) is 6.97. The molecular formula is C14H17ClO. The van der Waals surface area contributed by atoms with Gasteiger partial charge < -0.3 is 0 Å². The third kappa shape index (κ3) is 2.85. The van der Waals surface area contributed by atoms with Gasteiger partial charge >= 0.3 is 0 Å². The van der Waals surface area contributed by atoms with Gasteiger partial charge in [-0.1, -0.05) is 55.8 Å². The highest BCUT2D eigenvalue weighted by Gasteiger charge is 2.18. The number of Topliss-reactive ketones (excluding diaryl/α,β-unsaturated/α-hetero) is 1. The molecule has 0 radical (unpaired) electrons. The largest absolute Gasteiger partial charge is 0.294 e. The van der Waals surface area contributed by atoms with Crippen LogP contribution in [0, 0.1) is 5.92 Å². The van der Waals surface area contributed by atoms with Crippen LogP contribution in [0.15, 0.2) is 24.3 Å². The highest BCUT2D eigenvalue weighted by atomic mass is 35.5. The van der Waals surface area contributed by atoms with Crippen molar-refractivity contribution in [3.63, 3.8) is 0 Å². The van der Waals surface area contributed by atoms with Gasteiger partial charge in [-0.2, -0.15) is 0 Å². The van der Waals surface area contributed by atoms with Gasteiger partial charge in [-0.05, 0) is 18.1 Å². The molecule has 0 bridgehead atoms. The van der Waals surface area contributed by atoms with Gasteiger partial charge in [0.05, 0.1) is 5.02 Å². The molecule has 1 aliphatic rings. The van der Waals surface area contributed by atoms with E-state index >= 15 is 0 Å². The van der Waals surface area contributed by atoms with E-state index in [-0.39, 0.29) is 5.78 Å². The summed E-state index contributed by atoms with van der Waals surface area (Å²) >= 11 is 6.02. The molecule has 1 aliphatic carbocycles. The summed E-state index contributed by atoms with van der Waals surface area (Å²) in [6, 6.07) is 7.35. The SMILES string of the molecule is O=C(CC1CCCCC1)c1ccccc1Cl. The monoisotopic (exact) mass is 236 g/mol. The Balaban J connectivity index is 2.00. The summed E-state index contributed by atoms with van der Waals surface area (Å²) in [5.74, 6) is 0.787. The molecule has 0 heterocycles. The first-order valence-electron chi connectivity index (χ1n) is 6.05. The Bertz CT molecular complexity index is 367. The molecule has 0 aromatic heterocycles. The summed E-state index contributed by atoms with van der Waals surface area (Å²) in [5, 5.41) is 0.586. The molecule has 86 valence electrons. The minimum atomic E-state index is 0.206. The second kappa shape index (κ2) is 5.49. The molecule has 0 unspecified atom stereocenters. The zero-order valence-electron chi connectivity index (χ0n) is 9.42. The molecule has 1 nitrogen and oxygen atoms in total. The molecule has 1 aromatic rings. The average molecular weight is 237 g/mol. The summed E-state index contributed by atoms with van der Waals surface area (Å²) in [6.45, 7) is 0. The molecule has 2 rings (SSSR count). The van der Waals surface area contributed by atoms with E-state index in [1.165, 1.54) is 32.1 Å². The number of carbonyl (C=O) groups excluding carboxylic acids is 1. The standard InChI is InChI=1S/C14H17ClO/c15-13-9-5-4-8-12(13)14(16)10-11-6-2-1-3-7-11/h4-5,8-9,11H,1-3,6-7,10H2. The van der Waals surface area contributed by atoms with Crippen LogP contribution in [0.2, 0.25) is 5.02 Å². The first-order valence-corrected chi connectivity index (χ1v) is 6.43. The highest BCUT2D eigenvalue weighted by Crippen LogP contribution is 2.28. The summed E-state index contributed by atoms with van der Waals surface area (Å²) in [5.41, 5.74) is 0.690. The number of ketones is 1. The lowest BCUT2D eigenvalue weighted by Gasteiger charge is -2.20. The lowest BCUT2D eigenvalue weighted by molar-refractivity contribution is 0.0950. The molecule has 0 saturated heterocycles. The predicted octanol–water partition coefficient (Wildman–Crippen LogP) is 4.49. The van der Waals surface area contributed by atoms with Crippen LogP contribution in [-0.2, 0) is 0 Å². The van der Waals surface area contributed by atoms with Gasteiger partial charge in [-0.25, -0.2) is 0 Å². The van der Waals surface area contributed by atoms with Crippen LogP contribution in [-0.4, -0.2) is 5.78 Å². The van der Waals surface area contributed by atoms with Crippen molar-refractivity contribution >= 4 is 17.4 Å². The van der Waals surface area contributed by atoms with E-state index in [0.29, 0.717) is 22.9 Å². The van der Waals surface area contributed by atoms with Crippen LogP contribution in [0.1, 0.15) is 48.9 Å². The molecule has 0 spiro atoms. The molecule has 0 aliphatic heterocycles. The molecule has 1 fully saturated rings. The van der Waals surface area contributed by atoms with Gasteiger partial charge in [0, 0.05) is 12.0 Å². The van der Waals surface area contributed by atoms with Crippen molar-refractivity contribution in [2.45, 2.75) is 38.5 Å². The normalized spacial score (nSPS) is 17.3. The fraction of sp³-hybridized carbons (Fsp3) is 0.500. The molecule has 16 heavy (non-hydrogen) atoms. The van der Waals surface area contributed by atoms with Crippen LogP contribution in [0.4, 0.5) is 0 Å². The van der Waals surface area contributed by atoms with E-state index in [1.807, 2.05) is 18.2 Å². The fourth-order valence-electron chi connectivity index (χ4n) is 2.45. The number of halogens is 1. The minimum Gasteiger partial charge on any atom is -0.294 e. The topological polar surface area (TPSA) is 17.1 Å². The van der Waals surface area contributed by atoms with Gasteiger partial charge in [0.2, 0.25) is 0 Å². The lowest BCUT2D eigenvalue weighted by Crippen LogP contribution is -2.12. The molecule has 1 aromatic carbocycles. The van der Waals surface area contributed by atoms with Crippen molar-refractivity contribution < 1.29 is 4.79 Å². The summed E-state index contributed by atoms with van der Waals surface area (Å²) in [4.78, 5) is 12.0. The quantitative estimate of drug-likeness (QED) is 0.707. The second-order valence-electron chi connectivity index (χ2n) is 4.61. The Kier molecular flexibility index (Phi) is 4.00. The third-order valence-electron chi connectivity index (χ3n) is 3.37. The van der Waals surface area contributed by atoms with Crippen molar-refractivity contribution in [1.82, 2.24) is 0 Å². The van der Waals surface area contributed by atoms with Gasteiger partial charge in [-0.3, -0.25) is 4.79 Å². The van der Waals surface area contributed by atoms with Gasteiger partial charge in [-0.15, -0.1) is 0 Å². The number of benzene rings is 1. The molecule has 0 N–H and O–H groups in total. The predicted molar refractivity (Wildman–Crippen MR) is 67.0 cm³/mol. The molecular weight excluding hydrogens is 220 g/mol. The Morgan fingerprint density at radius 2 is 1.88 bits per heavy atom. The lowest BCUT2D eigenvalue weighted by atomic mass is 9.85. The van der Waals surface area contributed by atoms with E-state index in [2.05, 4.69) is 0 Å². The molecule has 0 atom stereocenters. The molecule has 2 heteroatoms. The van der Waals surface area contributed by atoms with Crippen molar-refractivity contribution in [3.05, 3.63) is 34.9 Å². The third-order valence-corrected chi connectivity index (χ3v) is 3.70. The van der Waals surface area contributed by atoms with E-state index < -0.39 is 0 Å². The van der Waals surface area contributed by atoms with Gasteiger partial charge in [0.15, 0.2) is 5.78 Å². The smallest absolute Gasteiger partial charge is 0.164 e. The number of carbonyl (C=O) groups is 1. The molecule has 0 amide bonds. The fourth-order valence-corrected chi connectivity index (χ4v) is 2.69. The maximum atomic E-state index is 12.0. The average Bonchev–Trinajstić information content (AvgIpc) is 2.31. The zero-order chi connectivity index (χ0) is 11.4. The summed E-state index contributed by atoms with van der Waals surface area (Å²) < 4.78 is 0. The second-order valence-corrected chi connectivity index (χ2v) is 5.02. The maximum absolute atomic E-state index is 12.0. The minimum absolute atomic E-state index is 0.206. The van der Waals surface area contributed by atoms with Crippen LogP contribution in [0.3, 0.4) is 0 Å². The van der Waals surface area contributed by atoms with E-state index in [0.717, 1.165) is 0 Å². The number of rotatable bonds is 3. The zero-order valence-corrected chi connectivity index (χ0v) is 10.2. The van der Waals surface area contributed by atoms with E-state index in [9.17, 15) is 4.79 Å². The van der Waals surface area contributed by atoms with Crippen molar-refractivity contribution in [2.75, 3.05) is 0 Å².